The monoisotopic (exact) mass is 268 g/mol. The molecular formula is C17H13ClO. The molecule has 1 aromatic heterocycles. The van der Waals surface area contributed by atoms with Crippen molar-refractivity contribution in [3.05, 3.63) is 72.7 Å². The van der Waals surface area contributed by atoms with Crippen LogP contribution in [0.15, 0.2) is 71.3 Å². The number of hydrogen-bond acceptors (Lipinski definition) is 1. The Bertz CT molecular complexity index is 656. The van der Waals surface area contributed by atoms with Crippen molar-refractivity contribution in [1.82, 2.24) is 0 Å². The van der Waals surface area contributed by atoms with Crippen LogP contribution in [0.2, 0.25) is 0 Å². The molecule has 0 aliphatic carbocycles. The van der Waals surface area contributed by atoms with Gasteiger partial charge in [0.15, 0.2) is 0 Å². The molecular weight excluding hydrogens is 256 g/mol. The predicted octanol–water partition coefficient (Wildman–Crippen LogP) is 5.35. The molecule has 0 unspecified atom stereocenters. The van der Waals surface area contributed by atoms with Gasteiger partial charge >= 0.3 is 0 Å². The van der Waals surface area contributed by atoms with Crippen molar-refractivity contribution >= 4 is 11.6 Å². The van der Waals surface area contributed by atoms with Crippen LogP contribution >= 0.6 is 11.6 Å². The molecule has 0 N–H and O–H groups in total. The van der Waals surface area contributed by atoms with Gasteiger partial charge in [0.1, 0.15) is 5.76 Å². The molecule has 0 bridgehead atoms. The summed E-state index contributed by atoms with van der Waals surface area (Å²) in [6.45, 7) is 0. The topological polar surface area (TPSA) is 13.1 Å². The third-order valence-corrected chi connectivity index (χ3v) is 3.38. The summed E-state index contributed by atoms with van der Waals surface area (Å²) in [7, 11) is 0. The van der Waals surface area contributed by atoms with Gasteiger partial charge in [-0.3, -0.25) is 0 Å². The zero-order chi connectivity index (χ0) is 13.1. The number of rotatable bonds is 3. The molecule has 0 atom stereocenters. The molecule has 2 aromatic carbocycles. The van der Waals surface area contributed by atoms with Crippen LogP contribution in [-0.2, 0) is 5.88 Å². The van der Waals surface area contributed by atoms with Crippen LogP contribution in [0.5, 0.6) is 0 Å². The Labute approximate surface area is 117 Å². The minimum absolute atomic E-state index is 0.372. The molecule has 94 valence electrons. The van der Waals surface area contributed by atoms with Crippen molar-refractivity contribution in [2.75, 3.05) is 0 Å². The van der Waals surface area contributed by atoms with Crippen molar-refractivity contribution in [3.63, 3.8) is 0 Å². The lowest BCUT2D eigenvalue weighted by molar-refractivity contribution is 0.531. The lowest BCUT2D eigenvalue weighted by Gasteiger charge is -2.05. The zero-order valence-electron chi connectivity index (χ0n) is 10.3. The smallest absolute Gasteiger partial charge is 0.126 e. The van der Waals surface area contributed by atoms with E-state index in [1.54, 1.807) is 6.26 Å². The zero-order valence-corrected chi connectivity index (χ0v) is 11.1. The molecule has 3 rings (SSSR count). The molecule has 0 saturated carbocycles. The molecule has 0 amide bonds. The maximum Gasteiger partial charge on any atom is 0.126 e. The van der Waals surface area contributed by atoms with E-state index in [9.17, 15) is 0 Å². The van der Waals surface area contributed by atoms with Gasteiger partial charge in [-0.05, 0) is 11.1 Å². The lowest BCUT2D eigenvalue weighted by Crippen LogP contribution is -1.84. The van der Waals surface area contributed by atoms with Crippen LogP contribution in [0.4, 0.5) is 0 Å². The normalized spacial score (nSPS) is 10.6. The summed E-state index contributed by atoms with van der Waals surface area (Å²) in [4.78, 5) is 0. The van der Waals surface area contributed by atoms with E-state index >= 15 is 0 Å². The van der Waals surface area contributed by atoms with E-state index in [1.165, 1.54) is 0 Å². The highest BCUT2D eigenvalue weighted by Gasteiger charge is 2.15. The molecule has 3 aromatic rings. The Hall–Kier alpha value is -1.99. The second-order valence-electron chi connectivity index (χ2n) is 4.31. The van der Waals surface area contributed by atoms with E-state index < -0.39 is 0 Å². The first-order valence-corrected chi connectivity index (χ1v) is 6.71. The third-order valence-electron chi connectivity index (χ3n) is 3.14. The molecule has 0 radical (unpaired) electrons. The fraction of sp³-hybridized carbons (Fsp3) is 0.0588. The number of hydrogen-bond donors (Lipinski definition) is 0. The summed E-state index contributed by atoms with van der Waals surface area (Å²) >= 11 is 5.99. The third kappa shape index (κ3) is 2.29. The van der Waals surface area contributed by atoms with Gasteiger partial charge < -0.3 is 4.42 Å². The molecule has 1 nitrogen and oxygen atoms in total. The molecule has 2 heteroatoms. The molecule has 0 spiro atoms. The first kappa shape index (κ1) is 12.1. The van der Waals surface area contributed by atoms with Gasteiger partial charge in [0.2, 0.25) is 0 Å². The molecule has 0 aliphatic heterocycles. The summed E-state index contributed by atoms with van der Waals surface area (Å²) in [6, 6.07) is 20.4. The molecule has 19 heavy (non-hydrogen) atoms. The highest BCUT2D eigenvalue weighted by atomic mass is 35.5. The fourth-order valence-electron chi connectivity index (χ4n) is 2.25. The maximum atomic E-state index is 5.99. The number of benzene rings is 2. The average Bonchev–Trinajstić information content (AvgIpc) is 2.93. The van der Waals surface area contributed by atoms with Crippen molar-refractivity contribution in [1.29, 1.82) is 0 Å². The van der Waals surface area contributed by atoms with Gasteiger partial charge in [0, 0.05) is 11.1 Å². The van der Waals surface area contributed by atoms with Crippen LogP contribution < -0.4 is 0 Å². The van der Waals surface area contributed by atoms with E-state index in [4.69, 9.17) is 16.0 Å². The van der Waals surface area contributed by atoms with E-state index in [1.807, 2.05) is 36.4 Å². The van der Waals surface area contributed by atoms with Crippen molar-refractivity contribution in [3.8, 4) is 22.3 Å². The lowest BCUT2D eigenvalue weighted by atomic mass is 9.97. The number of furan rings is 1. The van der Waals surface area contributed by atoms with Crippen molar-refractivity contribution < 1.29 is 4.42 Å². The summed E-state index contributed by atoms with van der Waals surface area (Å²) in [5.74, 6) is 1.18. The molecule has 0 fully saturated rings. The van der Waals surface area contributed by atoms with E-state index in [0.29, 0.717) is 5.88 Å². The SMILES string of the molecule is ClCc1occ(-c2ccccc2)c1-c1ccccc1. The van der Waals surface area contributed by atoms with E-state index in [0.717, 1.165) is 28.0 Å². The minimum Gasteiger partial charge on any atom is -0.467 e. The Balaban J connectivity index is 2.20. The number of halogens is 1. The van der Waals surface area contributed by atoms with Crippen LogP contribution in [-0.4, -0.2) is 0 Å². The fourth-order valence-corrected chi connectivity index (χ4v) is 2.44. The highest BCUT2D eigenvalue weighted by molar-refractivity contribution is 6.17. The Kier molecular flexibility index (Phi) is 3.39. The van der Waals surface area contributed by atoms with Crippen LogP contribution in [0.1, 0.15) is 5.76 Å². The van der Waals surface area contributed by atoms with E-state index in [-0.39, 0.29) is 0 Å². The summed E-state index contributed by atoms with van der Waals surface area (Å²) in [5.41, 5.74) is 4.44. The first-order chi connectivity index (χ1) is 9.40. The first-order valence-electron chi connectivity index (χ1n) is 6.17. The predicted molar refractivity (Wildman–Crippen MR) is 79.1 cm³/mol. The van der Waals surface area contributed by atoms with Gasteiger partial charge in [-0.15, -0.1) is 11.6 Å². The Morgan fingerprint density at radius 1 is 0.789 bits per heavy atom. The van der Waals surface area contributed by atoms with Gasteiger partial charge in [-0.1, -0.05) is 60.7 Å². The Morgan fingerprint density at radius 3 is 1.95 bits per heavy atom. The quantitative estimate of drug-likeness (QED) is 0.584. The van der Waals surface area contributed by atoms with Crippen molar-refractivity contribution in [2.24, 2.45) is 0 Å². The van der Waals surface area contributed by atoms with Gasteiger partial charge in [0.05, 0.1) is 12.1 Å². The molecule has 0 aliphatic rings. The summed E-state index contributed by atoms with van der Waals surface area (Å²) in [5, 5.41) is 0. The minimum atomic E-state index is 0.372. The van der Waals surface area contributed by atoms with Crippen LogP contribution in [0, 0.1) is 0 Å². The maximum absolute atomic E-state index is 5.99. The van der Waals surface area contributed by atoms with Gasteiger partial charge in [0.25, 0.3) is 0 Å². The summed E-state index contributed by atoms with van der Waals surface area (Å²) in [6.07, 6.45) is 1.79. The van der Waals surface area contributed by atoms with Gasteiger partial charge in [-0.25, -0.2) is 0 Å². The van der Waals surface area contributed by atoms with Crippen LogP contribution in [0.3, 0.4) is 0 Å². The Morgan fingerprint density at radius 2 is 1.37 bits per heavy atom. The second-order valence-corrected chi connectivity index (χ2v) is 4.58. The summed E-state index contributed by atoms with van der Waals surface area (Å²) < 4.78 is 5.62. The number of alkyl halides is 1. The van der Waals surface area contributed by atoms with Gasteiger partial charge in [-0.2, -0.15) is 0 Å². The van der Waals surface area contributed by atoms with Crippen molar-refractivity contribution in [2.45, 2.75) is 5.88 Å². The van der Waals surface area contributed by atoms with E-state index in [2.05, 4.69) is 24.3 Å². The molecule has 0 saturated heterocycles. The highest BCUT2D eigenvalue weighted by Crippen LogP contribution is 2.37. The standard InChI is InChI=1S/C17H13ClO/c18-11-16-17(14-9-5-2-6-10-14)15(12-19-16)13-7-3-1-4-8-13/h1-10,12H,11H2. The second kappa shape index (κ2) is 5.33. The van der Waals surface area contributed by atoms with Crippen LogP contribution in [0.25, 0.3) is 22.3 Å². The molecule has 1 heterocycles. The average molecular weight is 269 g/mol. The largest absolute Gasteiger partial charge is 0.467 e.